The quantitative estimate of drug-likeness (QED) is 0.503. The molecular formula is C18H17ClN4. The third-order valence-electron chi connectivity index (χ3n) is 3.30. The summed E-state index contributed by atoms with van der Waals surface area (Å²) in [7, 11) is 0. The highest BCUT2D eigenvalue weighted by Crippen LogP contribution is 2.35. The number of nitrogens with zero attached hydrogens (tertiary/aromatic N) is 2. The molecular weight excluding hydrogens is 308 g/mol. The van der Waals surface area contributed by atoms with Gasteiger partial charge in [-0.1, -0.05) is 42.5 Å². The molecule has 3 rings (SSSR count). The second kappa shape index (κ2) is 7.42. The minimum atomic E-state index is 0. The molecule has 23 heavy (non-hydrogen) atoms. The van der Waals surface area contributed by atoms with Crippen LogP contribution in [0.25, 0.3) is 11.1 Å². The first-order valence-corrected chi connectivity index (χ1v) is 6.95. The van der Waals surface area contributed by atoms with Crippen molar-refractivity contribution in [2.24, 2.45) is 10.2 Å². The number of benzene rings is 3. The number of rotatable bonds is 3. The van der Waals surface area contributed by atoms with Crippen molar-refractivity contribution in [1.29, 1.82) is 0 Å². The summed E-state index contributed by atoms with van der Waals surface area (Å²) in [5.41, 5.74) is 16.5. The Bertz CT molecular complexity index is 816. The molecule has 0 saturated carbocycles. The molecule has 4 N–H and O–H groups in total. The summed E-state index contributed by atoms with van der Waals surface area (Å²) >= 11 is 0. The highest BCUT2D eigenvalue weighted by Gasteiger charge is 2.07. The lowest BCUT2D eigenvalue weighted by Crippen LogP contribution is -1.93. The fourth-order valence-corrected chi connectivity index (χ4v) is 2.22. The Balaban J connectivity index is 0.00000192. The van der Waals surface area contributed by atoms with E-state index in [1.807, 2.05) is 66.7 Å². The van der Waals surface area contributed by atoms with Gasteiger partial charge in [-0.15, -0.1) is 17.5 Å². The summed E-state index contributed by atoms with van der Waals surface area (Å²) in [6.45, 7) is 0. The Morgan fingerprint density at radius 1 is 0.652 bits per heavy atom. The Kier molecular flexibility index (Phi) is 5.33. The normalized spacial score (nSPS) is 10.4. The molecule has 0 aliphatic carbocycles. The first-order chi connectivity index (χ1) is 10.7. The van der Waals surface area contributed by atoms with Gasteiger partial charge in [-0.05, 0) is 30.3 Å². The fourth-order valence-electron chi connectivity index (χ4n) is 2.22. The maximum atomic E-state index is 6.08. The molecule has 0 fully saturated rings. The molecule has 0 aromatic heterocycles. The monoisotopic (exact) mass is 324 g/mol. The fraction of sp³-hybridized carbons (Fsp3) is 0. The van der Waals surface area contributed by atoms with Gasteiger partial charge in [0, 0.05) is 22.5 Å². The first-order valence-electron chi connectivity index (χ1n) is 6.95. The number of hydrogen-bond acceptors (Lipinski definition) is 4. The summed E-state index contributed by atoms with van der Waals surface area (Å²) in [6, 6.07) is 22.9. The van der Waals surface area contributed by atoms with Gasteiger partial charge in [0.25, 0.3) is 0 Å². The van der Waals surface area contributed by atoms with Crippen LogP contribution < -0.4 is 11.5 Å². The van der Waals surface area contributed by atoms with E-state index >= 15 is 0 Å². The van der Waals surface area contributed by atoms with Crippen molar-refractivity contribution >= 4 is 35.2 Å². The van der Waals surface area contributed by atoms with Gasteiger partial charge in [0.05, 0.1) is 11.4 Å². The van der Waals surface area contributed by atoms with Crippen LogP contribution in [-0.2, 0) is 0 Å². The lowest BCUT2D eigenvalue weighted by Gasteiger charge is -2.09. The minimum absolute atomic E-state index is 0. The van der Waals surface area contributed by atoms with Crippen LogP contribution in [0.4, 0.5) is 22.7 Å². The van der Waals surface area contributed by atoms with Crippen molar-refractivity contribution < 1.29 is 0 Å². The van der Waals surface area contributed by atoms with Crippen molar-refractivity contribution in [2.75, 3.05) is 11.5 Å². The van der Waals surface area contributed by atoms with Gasteiger partial charge in [0.15, 0.2) is 0 Å². The maximum Gasteiger partial charge on any atom is 0.0936 e. The van der Waals surface area contributed by atoms with Gasteiger partial charge in [0.1, 0.15) is 0 Å². The van der Waals surface area contributed by atoms with E-state index in [-0.39, 0.29) is 12.4 Å². The van der Waals surface area contributed by atoms with Crippen LogP contribution in [0.1, 0.15) is 0 Å². The predicted molar refractivity (Wildman–Crippen MR) is 98.6 cm³/mol. The molecule has 0 amide bonds. The first kappa shape index (κ1) is 16.5. The largest absolute Gasteiger partial charge is 0.399 e. The van der Waals surface area contributed by atoms with E-state index in [1.54, 1.807) is 6.07 Å². The molecule has 0 aliphatic rings. The zero-order chi connectivity index (χ0) is 15.4. The van der Waals surface area contributed by atoms with Gasteiger partial charge in [-0.25, -0.2) is 0 Å². The van der Waals surface area contributed by atoms with E-state index in [9.17, 15) is 0 Å². The Hall–Kier alpha value is -2.85. The van der Waals surface area contributed by atoms with Crippen molar-refractivity contribution in [1.82, 2.24) is 0 Å². The van der Waals surface area contributed by atoms with Gasteiger partial charge < -0.3 is 11.5 Å². The van der Waals surface area contributed by atoms with Gasteiger partial charge in [-0.2, -0.15) is 5.11 Å². The Labute approximate surface area is 141 Å². The van der Waals surface area contributed by atoms with Crippen molar-refractivity contribution in [3.63, 3.8) is 0 Å². The average Bonchev–Trinajstić information content (AvgIpc) is 2.54. The lowest BCUT2D eigenvalue weighted by molar-refractivity contribution is 1.23. The summed E-state index contributed by atoms with van der Waals surface area (Å²) < 4.78 is 0. The SMILES string of the molecule is Cl.Nc1ccc(-c2ccccc2N=Nc2ccccc2)c(N)c1. The molecule has 4 nitrogen and oxygen atoms in total. The van der Waals surface area contributed by atoms with Gasteiger partial charge in [0.2, 0.25) is 0 Å². The third kappa shape index (κ3) is 3.87. The Morgan fingerprint density at radius 3 is 2.09 bits per heavy atom. The molecule has 0 atom stereocenters. The average molecular weight is 325 g/mol. The van der Waals surface area contributed by atoms with Gasteiger partial charge >= 0.3 is 0 Å². The summed E-state index contributed by atoms with van der Waals surface area (Å²) in [6.07, 6.45) is 0. The molecule has 3 aromatic rings. The number of anilines is 2. The maximum absolute atomic E-state index is 6.08. The van der Waals surface area contributed by atoms with Crippen molar-refractivity contribution in [3.8, 4) is 11.1 Å². The standard InChI is InChI=1S/C18H16N4.ClH/c19-13-10-11-15(17(20)12-13)16-8-4-5-9-18(16)22-21-14-6-2-1-3-7-14;/h1-12H,19-20H2;1H. The van der Waals surface area contributed by atoms with E-state index in [2.05, 4.69) is 10.2 Å². The number of nitrogen functional groups attached to an aromatic ring is 2. The molecule has 0 bridgehead atoms. The van der Waals surface area contributed by atoms with E-state index < -0.39 is 0 Å². The molecule has 0 heterocycles. The predicted octanol–water partition coefficient (Wildman–Crippen LogP) is 5.36. The summed E-state index contributed by atoms with van der Waals surface area (Å²) in [4.78, 5) is 0. The zero-order valence-electron chi connectivity index (χ0n) is 12.4. The van der Waals surface area contributed by atoms with Crippen molar-refractivity contribution in [3.05, 3.63) is 72.8 Å². The molecule has 5 heteroatoms. The summed E-state index contributed by atoms with van der Waals surface area (Å²) in [5.74, 6) is 0. The minimum Gasteiger partial charge on any atom is -0.399 e. The highest BCUT2D eigenvalue weighted by atomic mass is 35.5. The molecule has 0 radical (unpaired) electrons. The van der Waals surface area contributed by atoms with E-state index in [0.29, 0.717) is 11.4 Å². The van der Waals surface area contributed by atoms with Crippen LogP contribution in [-0.4, -0.2) is 0 Å². The second-order valence-corrected chi connectivity index (χ2v) is 4.90. The number of nitrogens with two attached hydrogens (primary N) is 2. The van der Waals surface area contributed by atoms with E-state index in [4.69, 9.17) is 11.5 Å². The van der Waals surface area contributed by atoms with E-state index in [1.165, 1.54) is 0 Å². The molecule has 0 unspecified atom stereocenters. The van der Waals surface area contributed by atoms with Crippen LogP contribution in [0.2, 0.25) is 0 Å². The third-order valence-corrected chi connectivity index (χ3v) is 3.30. The molecule has 116 valence electrons. The molecule has 0 spiro atoms. The Morgan fingerprint density at radius 2 is 1.35 bits per heavy atom. The molecule has 0 saturated heterocycles. The van der Waals surface area contributed by atoms with Gasteiger partial charge in [-0.3, -0.25) is 0 Å². The van der Waals surface area contributed by atoms with Crippen LogP contribution in [0.5, 0.6) is 0 Å². The molecule has 0 aliphatic heterocycles. The topological polar surface area (TPSA) is 76.8 Å². The van der Waals surface area contributed by atoms with Crippen LogP contribution in [0, 0.1) is 0 Å². The highest BCUT2D eigenvalue weighted by molar-refractivity contribution is 5.85. The zero-order valence-corrected chi connectivity index (χ0v) is 13.2. The number of azo groups is 1. The smallest absolute Gasteiger partial charge is 0.0936 e. The van der Waals surface area contributed by atoms with Crippen molar-refractivity contribution in [2.45, 2.75) is 0 Å². The number of halogens is 1. The van der Waals surface area contributed by atoms with Crippen LogP contribution in [0.3, 0.4) is 0 Å². The lowest BCUT2D eigenvalue weighted by atomic mass is 10.0. The van der Waals surface area contributed by atoms with Crippen LogP contribution >= 0.6 is 12.4 Å². The second-order valence-electron chi connectivity index (χ2n) is 4.90. The molecule has 3 aromatic carbocycles. The summed E-state index contributed by atoms with van der Waals surface area (Å²) in [5, 5.41) is 8.62. The van der Waals surface area contributed by atoms with E-state index in [0.717, 1.165) is 22.5 Å². The number of hydrogen-bond donors (Lipinski definition) is 2. The van der Waals surface area contributed by atoms with Crippen LogP contribution in [0.15, 0.2) is 83.0 Å².